The Kier molecular flexibility index (Phi) is 5.52. The van der Waals surface area contributed by atoms with E-state index < -0.39 is 0 Å². The highest BCUT2D eigenvalue weighted by Gasteiger charge is 2.05. The molecule has 0 spiro atoms. The molecule has 0 radical (unpaired) electrons. The van der Waals surface area contributed by atoms with Gasteiger partial charge in [-0.3, -0.25) is 0 Å². The number of hydrogen-bond acceptors (Lipinski definition) is 2. The zero-order valence-electron chi connectivity index (χ0n) is 13.9. The minimum atomic E-state index is 0.900. The van der Waals surface area contributed by atoms with Crippen LogP contribution in [-0.2, 0) is 6.42 Å². The van der Waals surface area contributed by atoms with Gasteiger partial charge in [-0.15, -0.1) is 6.58 Å². The third-order valence-electron chi connectivity index (χ3n) is 4.03. The Morgan fingerprint density at radius 3 is 2.79 bits per heavy atom. The molecule has 2 aromatic rings. The van der Waals surface area contributed by atoms with E-state index in [1.54, 1.807) is 6.33 Å². The van der Waals surface area contributed by atoms with Crippen LogP contribution < -0.4 is 0 Å². The first kappa shape index (κ1) is 16.1. The van der Waals surface area contributed by atoms with Crippen molar-refractivity contribution in [2.24, 2.45) is 0 Å². The van der Waals surface area contributed by atoms with Gasteiger partial charge in [-0.1, -0.05) is 54.7 Å². The standard InChI is InChI=1S/C22H22N2/c1-2-3-12-21-16-22(24-17-23-21)20-14-13-18-10-8-6-4-5-7-9-11-19(18)15-20/h2,5,7-11,13-17H,1,3-4,6,12H2/b7-5+,10-8?,11-9-. The fourth-order valence-electron chi connectivity index (χ4n) is 2.71. The van der Waals surface area contributed by atoms with Gasteiger partial charge in [-0.05, 0) is 48.9 Å². The zero-order valence-corrected chi connectivity index (χ0v) is 13.9. The van der Waals surface area contributed by atoms with E-state index in [9.17, 15) is 0 Å². The monoisotopic (exact) mass is 314 g/mol. The summed E-state index contributed by atoms with van der Waals surface area (Å²) in [7, 11) is 0. The second kappa shape index (κ2) is 8.21. The lowest BCUT2D eigenvalue weighted by Crippen LogP contribution is -1.94. The first-order valence-electron chi connectivity index (χ1n) is 8.43. The molecule has 2 heteroatoms. The molecule has 1 aliphatic carbocycles. The summed E-state index contributed by atoms with van der Waals surface area (Å²) in [6, 6.07) is 8.58. The number of fused-ring (bicyclic) bond motifs is 1. The molecule has 24 heavy (non-hydrogen) atoms. The Labute approximate surface area is 144 Å². The van der Waals surface area contributed by atoms with E-state index in [4.69, 9.17) is 0 Å². The predicted octanol–water partition coefficient (Wildman–Crippen LogP) is 5.64. The minimum absolute atomic E-state index is 0.900. The lowest BCUT2D eigenvalue weighted by molar-refractivity contribution is 0.929. The van der Waals surface area contributed by atoms with Crippen LogP contribution in [0.2, 0.25) is 0 Å². The van der Waals surface area contributed by atoms with Crippen molar-refractivity contribution >= 4 is 12.2 Å². The molecule has 0 fully saturated rings. The molecule has 0 aliphatic heterocycles. The van der Waals surface area contributed by atoms with Gasteiger partial charge in [0.25, 0.3) is 0 Å². The lowest BCUT2D eigenvalue weighted by atomic mass is 9.99. The second-order valence-electron chi connectivity index (χ2n) is 5.83. The summed E-state index contributed by atoms with van der Waals surface area (Å²) in [5.74, 6) is 0. The van der Waals surface area contributed by atoms with E-state index in [2.05, 4.69) is 77.3 Å². The predicted molar refractivity (Wildman–Crippen MR) is 102 cm³/mol. The number of hydrogen-bond donors (Lipinski definition) is 0. The highest BCUT2D eigenvalue weighted by atomic mass is 14.8. The summed E-state index contributed by atoms with van der Waals surface area (Å²) in [6.45, 7) is 3.77. The van der Waals surface area contributed by atoms with E-state index in [0.29, 0.717) is 0 Å². The van der Waals surface area contributed by atoms with Crippen LogP contribution in [0.1, 0.15) is 36.1 Å². The number of aromatic nitrogens is 2. The maximum absolute atomic E-state index is 4.45. The summed E-state index contributed by atoms with van der Waals surface area (Å²) in [4.78, 5) is 8.80. The van der Waals surface area contributed by atoms with Gasteiger partial charge in [-0.2, -0.15) is 0 Å². The van der Waals surface area contributed by atoms with Crippen LogP contribution in [0.4, 0.5) is 0 Å². The highest BCUT2D eigenvalue weighted by molar-refractivity contribution is 5.72. The van der Waals surface area contributed by atoms with Crippen LogP contribution >= 0.6 is 0 Å². The van der Waals surface area contributed by atoms with Crippen molar-refractivity contribution in [2.45, 2.75) is 25.7 Å². The van der Waals surface area contributed by atoms with Crippen molar-refractivity contribution in [3.05, 3.63) is 84.4 Å². The molecule has 1 aromatic carbocycles. The Morgan fingerprint density at radius 2 is 1.88 bits per heavy atom. The average molecular weight is 314 g/mol. The molecule has 0 saturated heterocycles. The van der Waals surface area contributed by atoms with Gasteiger partial charge in [0, 0.05) is 11.3 Å². The zero-order chi connectivity index (χ0) is 16.6. The maximum atomic E-state index is 4.45. The Bertz CT molecular complexity index is 797. The number of rotatable bonds is 4. The fraction of sp³-hybridized carbons (Fsp3) is 0.182. The summed E-state index contributed by atoms with van der Waals surface area (Å²) in [5, 5.41) is 0. The van der Waals surface area contributed by atoms with E-state index in [0.717, 1.165) is 42.6 Å². The van der Waals surface area contributed by atoms with Crippen LogP contribution in [0.15, 0.2) is 67.6 Å². The van der Waals surface area contributed by atoms with Crippen molar-refractivity contribution < 1.29 is 0 Å². The van der Waals surface area contributed by atoms with E-state index in [-0.39, 0.29) is 0 Å². The number of aryl methyl sites for hydroxylation is 1. The fourth-order valence-corrected chi connectivity index (χ4v) is 2.71. The molecule has 0 unspecified atom stereocenters. The van der Waals surface area contributed by atoms with Crippen molar-refractivity contribution in [1.82, 2.24) is 9.97 Å². The molecule has 1 heterocycles. The summed E-state index contributed by atoms with van der Waals surface area (Å²) in [5.41, 5.74) is 5.60. The average Bonchev–Trinajstić information content (AvgIpc) is 2.63. The molecule has 2 nitrogen and oxygen atoms in total. The first-order chi connectivity index (χ1) is 11.9. The van der Waals surface area contributed by atoms with Crippen molar-refractivity contribution in [1.29, 1.82) is 0 Å². The van der Waals surface area contributed by atoms with Crippen LogP contribution in [0.3, 0.4) is 0 Å². The van der Waals surface area contributed by atoms with Crippen LogP contribution in [-0.4, -0.2) is 9.97 Å². The van der Waals surface area contributed by atoms with Crippen LogP contribution in [0.5, 0.6) is 0 Å². The Hall–Kier alpha value is -2.74. The number of nitrogens with zero attached hydrogens (tertiary/aromatic N) is 2. The molecule has 120 valence electrons. The highest BCUT2D eigenvalue weighted by Crippen LogP contribution is 2.24. The summed E-state index contributed by atoms with van der Waals surface area (Å²) in [6.07, 6.45) is 20.6. The van der Waals surface area contributed by atoms with Crippen LogP contribution in [0, 0.1) is 0 Å². The van der Waals surface area contributed by atoms with Gasteiger partial charge in [0.15, 0.2) is 0 Å². The van der Waals surface area contributed by atoms with Gasteiger partial charge < -0.3 is 0 Å². The largest absolute Gasteiger partial charge is 0.241 e. The molecule has 3 rings (SSSR count). The Balaban J connectivity index is 1.95. The van der Waals surface area contributed by atoms with Gasteiger partial charge in [0.2, 0.25) is 0 Å². The summed E-state index contributed by atoms with van der Waals surface area (Å²) < 4.78 is 0. The molecule has 1 aliphatic rings. The van der Waals surface area contributed by atoms with Gasteiger partial charge in [-0.25, -0.2) is 9.97 Å². The van der Waals surface area contributed by atoms with Crippen molar-refractivity contribution in [3.63, 3.8) is 0 Å². The second-order valence-corrected chi connectivity index (χ2v) is 5.83. The number of benzene rings is 1. The van der Waals surface area contributed by atoms with Crippen molar-refractivity contribution in [2.75, 3.05) is 0 Å². The molecule has 1 aromatic heterocycles. The Morgan fingerprint density at radius 1 is 0.958 bits per heavy atom. The molecule has 0 saturated carbocycles. The molecular weight excluding hydrogens is 292 g/mol. The van der Waals surface area contributed by atoms with E-state index in [1.165, 1.54) is 11.1 Å². The molecule has 0 N–H and O–H groups in total. The minimum Gasteiger partial charge on any atom is -0.241 e. The molecule has 0 atom stereocenters. The molecule has 0 bridgehead atoms. The first-order valence-corrected chi connectivity index (χ1v) is 8.43. The third kappa shape index (κ3) is 4.17. The smallest absolute Gasteiger partial charge is 0.116 e. The topological polar surface area (TPSA) is 25.8 Å². The summed E-state index contributed by atoms with van der Waals surface area (Å²) >= 11 is 0. The van der Waals surface area contributed by atoms with Gasteiger partial charge >= 0.3 is 0 Å². The van der Waals surface area contributed by atoms with Crippen molar-refractivity contribution in [3.8, 4) is 11.3 Å². The van der Waals surface area contributed by atoms with E-state index >= 15 is 0 Å². The molecular formula is C22H22N2. The number of allylic oxidation sites excluding steroid dienone is 5. The normalized spacial score (nSPS) is 16.2. The van der Waals surface area contributed by atoms with E-state index in [1.807, 2.05) is 6.08 Å². The quantitative estimate of drug-likeness (QED) is 0.683. The maximum Gasteiger partial charge on any atom is 0.116 e. The van der Waals surface area contributed by atoms with Crippen LogP contribution in [0.25, 0.3) is 23.4 Å². The third-order valence-corrected chi connectivity index (χ3v) is 4.03. The SMILES string of the molecule is C=CCCc1cc(-c2ccc3c(c2)/C=C\C=C\CCC=C3)ncn1. The lowest BCUT2D eigenvalue weighted by Gasteiger charge is -2.08. The van der Waals surface area contributed by atoms with Gasteiger partial charge in [0.1, 0.15) is 6.33 Å². The van der Waals surface area contributed by atoms with Gasteiger partial charge in [0.05, 0.1) is 5.69 Å². The molecule has 0 amide bonds.